The zero-order chi connectivity index (χ0) is 25.1. The predicted octanol–water partition coefficient (Wildman–Crippen LogP) is 8.91. The Morgan fingerprint density at radius 2 is 1.76 bits per heavy atom. The van der Waals surface area contributed by atoms with Gasteiger partial charge in [-0.25, -0.2) is 0 Å². The molecule has 0 aromatic carbocycles. The highest BCUT2D eigenvalue weighted by molar-refractivity contribution is 5.66. The molecule has 0 N–H and O–H groups in total. The molecule has 3 fully saturated rings. The molecule has 0 spiro atoms. The number of fused-ring (bicyclic) bond motifs is 5. The lowest BCUT2D eigenvalue weighted by Crippen LogP contribution is -2.58. The first-order valence-corrected chi connectivity index (χ1v) is 14.3. The molecule has 3 saturated carbocycles. The largest absolute Gasteiger partial charge is 0.462 e. The lowest BCUT2D eigenvalue weighted by Gasteiger charge is -2.64. The van der Waals surface area contributed by atoms with Gasteiger partial charge in [0.05, 0.1) is 0 Å². The van der Waals surface area contributed by atoms with Crippen molar-refractivity contribution in [2.75, 3.05) is 0 Å². The highest BCUT2D eigenvalue weighted by Crippen LogP contribution is 2.73. The lowest BCUT2D eigenvalue weighted by atomic mass is 9.41. The highest BCUT2D eigenvalue weighted by atomic mass is 16.5. The van der Waals surface area contributed by atoms with Gasteiger partial charge in [0.1, 0.15) is 6.10 Å². The van der Waals surface area contributed by atoms with E-state index in [1.165, 1.54) is 50.5 Å². The molecule has 0 radical (unpaired) electrons. The van der Waals surface area contributed by atoms with Crippen LogP contribution in [0.15, 0.2) is 23.3 Å². The highest BCUT2D eigenvalue weighted by Gasteiger charge is 2.65. The summed E-state index contributed by atoms with van der Waals surface area (Å²) in [5, 5.41) is 0. The minimum absolute atomic E-state index is 0.0278. The fraction of sp³-hybridized carbons (Fsp3) is 0.844. The Balaban J connectivity index is 1.61. The fourth-order valence-corrected chi connectivity index (χ4v) is 9.89. The minimum atomic E-state index is -0.120. The molecule has 4 rings (SSSR count). The first-order valence-electron chi connectivity index (χ1n) is 14.3. The average molecular weight is 469 g/mol. The Kier molecular flexibility index (Phi) is 6.74. The Bertz CT molecular complexity index is 860. The van der Waals surface area contributed by atoms with Crippen molar-refractivity contribution in [3.63, 3.8) is 0 Å². The Morgan fingerprint density at radius 3 is 2.41 bits per heavy atom. The van der Waals surface area contributed by atoms with E-state index in [1.807, 2.05) is 5.57 Å². The van der Waals surface area contributed by atoms with E-state index in [2.05, 4.69) is 67.5 Å². The summed E-state index contributed by atoms with van der Waals surface area (Å²) in [6, 6.07) is 0. The van der Waals surface area contributed by atoms with Crippen molar-refractivity contribution in [2.24, 2.45) is 45.3 Å². The summed E-state index contributed by atoms with van der Waals surface area (Å²) in [6.45, 7) is 21.2. The topological polar surface area (TPSA) is 26.3 Å². The zero-order valence-corrected chi connectivity index (χ0v) is 23.7. The fourth-order valence-electron chi connectivity index (χ4n) is 9.89. The maximum absolute atomic E-state index is 11.8. The van der Waals surface area contributed by atoms with Gasteiger partial charge in [0, 0.05) is 12.3 Å². The van der Waals surface area contributed by atoms with Crippen molar-refractivity contribution >= 4 is 5.97 Å². The number of carbonyl (C=O) groups excluding carboxylic acids is 1. The standard InChI is InChI=1S/C32H52O2/c1-21(2)11-10-12-22(3)24-15-19-32(9)26-13-14-27-29(5,6)28(34-23(4)33)17-18-30(27,7)25(26)16-20-31(24,32)8/h11,13,22,24-25,27-28H,10,12,14-20H2,1-9H3/t22-,24-,25-,27+,28+,30-,31-,32+/m1/s1. The molecular weight excluding hydrogens is 416 g/mol. The van der Waals surface area contributed by atoms with Crippen molar-refractivity contribution in [3.8, 4) is 0 Å². The third kappa shape index (κ3) is 3.85. The van der Waals surface area contributed by atoms with E-state index >= 15 is 0 Å². The van der Waals surface area contributed by atoms with Crippen LogP contribution in [0.1, 0.15) is 120 Å². The molecule has 2 heteroatoms. The van der Waals surface area contributed by atoms with E-state index in [0.29, 0.717) is 28.1 Å². The van der Waals surface area contributed by atoms with E-state index < -0.39 is 0 Å². The van der Waals surface area contributed by atoms with Gasteiger partial charge in [-0.1, -0.05) is 64.8 Å². The lowest BCUT2D eigenvalue weighted by molar-refractivity contribution is -0.174. The van der Waals surface area contributed by atoms with E-state index in [4.69, 9.17) is 4.74 Å². The molecule has 0 aromatic heterocycles. The monoisotopic (exact) mass is 468 g/mol. The van der Waals surface area contributed by atoms with Crippen LogP contribution in [-0.2, 0) is 9.53 Å². The van der Waals surface area contributed by atoms with Gasteiger partial charge in [-0.05, 0) is 112 Å². The van der Waals surface area contributed by atoms with Gasteiger partial charge in [-0.15, -0.1) is 0 Å². The molecule has 0 unspecified atom stereocenters. The van der Waals surface area contributed by atoms with Crippen LogP contribution in [-0.4, -0.2) is 12.1 Å². The Labute approximate surface area is 210 Å². The van der Waals surface area contributed by atoms with Crippen LogP contribution in [0.2, 0.25) is 0 Å². The van der Waals surface area contributed by atoms with Crippen LogP contribution in [0.25, 0.3) is 0 Å². The minimum Gasteiger partial charge on any atom is -0.462 e. The number of carbonyl (C=O) groups is 1. The zero-order valence-electron chi connectivity index (χ0n) is 23.7. The Hall–Kier alpha value is -1.05. The molecule has 8 atom stereocenters. The normalized spacial score (nSPS) is 43.6. The maximum Gasteiger partial charge on any atom is 0.302 e. The molecule has 4 aliphatic rings. The summed E-state index contributed by atoms with van der Waals surface area (Å²) in [6.07, 6.45) is 16.6. The molecule has 2 nitrogen and oxygen atoms in total. The second-order valence-corrected chi connectivity index (χ2v) is 14.2. The molecular formula is C32H52O2. The average Bonchev–Trinajstić information content (AvgIpc) is 3.01. The number of allylic oxidation sites excluding steroid dienone is 4. The maximum atomic E-state index is 11.8. The van der Waals surface area contributed by atoms with Crippen LogP contribution in [0.5, 0.6) is 0 Å². The molecule has 0 heterocycles. The second-order valence-electron chi connectivity index (χ2n) is 14.2. The molecule has 0 aliphatic heterocycles. The SMILES string of the molecule is CC(=O)O[C@H]1CC[C@]2(C)[C@@H]3CC[C@]4(C)[C@@H]([C@H](C)CCC=C(C)C)CC[C@@]4(C)C3=CC[C@H]2C1(C)C. The van der Waals surface area contributed by atoms with E-state index in [0.717, 1.165) is 24.7 Å². The number of hydrogen-bond donors (Lipinski definition) is 0. The van der Waals surface area contributed by atoms with Crippen LogP contribution < -0.4 is 0 Å². The summed E-state index contributed by atoms with van der Waals surface area (Å²) in [5.41, 5.74) is 4.39. The van der Waals surface area contributed by atoms with Crippen molar-refractivity contribution in [1.82, 2.24) is 0 Å². The van der Waals surface area contributed by atoms with E-state index in [9.17, 15) is 4.79 Å². The summed E-state index contributed by atoms with van der Waals surface area (Å²) in [5.74, 6) is 2.79. The van der Waals surface area contributed by atoms with Crippen molar-refractivity contribution in [3.05, 3.63) is 23.3 Å². The molecule has 0 aromatic rings. The second kappa shape index (κ2) is 8.81. The molecule has 34 heavy (non-hydrogen) atoms. The number of esters is 1. The van der Waals surface area contributed by atoms with Crippen molar-refractivity contribution in [2.45, 2.75) is 126 Å². The summed E-state index contributed by atoms with van der Waals surface area (Å²) < 4.78 is 5.87. The van der Waals surface area contributed by atoms with Gasteiger partial charge in [0.2, 0.25) is 0 Å². The van der Waals surface area contributed by atoms with Gasteiger partial charge in [0.25, 0.3) is 0 Å². The van der Waals surface area contributed by atoms with E-state index in [-0.39, 0.29) is 17.5 Å². The van der Waals surface area contributed by atoms with Crippen LogP contribution >= 0.6 is 0 Å². The summed E-state index contributed by atoms with van der Waals surface area (Å²) in [7, 11) is 0. The van der Waals surface area contributed by atoms with Gasteiger partial charge in [-0.3, -0.25) is 4.79 Å². The molecule has 0 bridgehead atoms. The van der Waals surface area contributed by atoms with Gasteiger partial charge in [0.15, 0.2) is 0 Å². The summed E-state index contributed by atoms with van der Waals surface area (Å²) in [4.78, 5) is 11.8. The van der Waals surface area contributed by atoms with Gasteiger partial charge >= 0.3 is 5.97 Å². The smallest absolute Gasteiger partial charge is 0.302 e. The molecule has 4 aliphatic carbocycles. The quantitative estimate of drug-likeness (QED) is 0.297. The van der Waals surface area contributed by atoms with Crippen LogP contribution in [0, 0.1) is 45.3 Å². The number of rotatable bonds is 5. The molecule has 0 amide bonds. The Morgan fingerprint density at radius 1 is 1.06 bits per heavy atom. The van der Waals surface area contributed by atoms with Crippen molar-refractivity contribution < 1.29 is 9.53 Å². The predicted molar refractivity (Wildman–Crippen MR) is 142 cm³/mol. The van der Waals surface area contributed by atoms with Gasteiger partial charge in [-0.2, -0.15) is 0 Å². The number of ether oxygens (including phenoxy) is 1. The van der Waals surface area contributed by atoms with Gasteiger partial charge < -0.3 is 4.74 Å². The number of hydrogen-bond acceptors (Lipinski definition) is 2. The first-order chi connectivity index (χ1) is 15.8. The first kappa shape index (κ1) is 26.0. The van der Waals surface area contributed by atoms with Crippen LogP contribution in [0.4, 0.5) is 0 Å². The molecule has 0 saturated heterocycles. The third-order valence-corrected chi connectivity index (χ3v) is 12.0. The molecule has 192 valence electrons. The van der Waals surface area contributed by atoms with E-state index in [1.54, 1.807) is 6.92 Å². The van der Waals surface area contributed by atoms with Crippen LogP contribution in [0.3, 0.4) is 0 Å². The van der Waals surface area contributed by atoms with Crippen molar-refractivity contribution in [1.29, 1.82) is 0 Å². The third-order valence-electron chi connectivity index (χ3n) is 12.0. The summed E-state index contributed by atoms with van der Waals surface area (Å²) >= 11 is 0.